The van der Waals surface area contributed by atoms with Crippen LogP contribution in [-0.2, 0) is 9.47 Å². The molecule has 13 heavy (non-hydrogen) atoms. The fourth-order valence-electron chi connectivity index (χ4n) is 0.900. The summed E-state index contributed by atoms with van der Waals surface area (Å²) in [4.78, 5) is 3.91. The standard InChI is InChI=1S/C8H9BrFNO2/c1-12-8(13-2)6-4-3-5(10)7(9)11-6/h3-4,8H,1-2H3. The number of rotatable bonds is 3. The quantitative estimate of drug-likeness (QED) is 0.609. The molecular weight excluding hydrogens is 241 g/mol. The van der Waals surface area contributed by atoms with Crippen LogP contribution >= 0.6 is 15.9 Å². The van der Waals surface area contributed by atoms with Gasteiger partial charge in [-0.2, -0.15) is 0 Å². The minimum atomic E-state index is -0.558. The maximum Gasteiger partial charge on any atom is 0.200 e. The molecule has 0 saturated carbocycles. The van der Waals surface area contributed by atoms with E-state index < -0.39 is 12.1 Å². The van der Waals surface area contributed by atoms with Crippen molar-refractivity contribution < 1.29 is 13.9 Å². The van der Waals surface area contributed by atoms with E-state index in [-0.39, 0.29) is 4.60 Å². The van der Waals surface area contributed by atoms with Crippen LogP contribution in [0.4, 0.5) is 4.39 Å². The van der Waals surface area contributed by atoms with Gasteiger partial charge in [0, 0.05) is 14.2 Å². The van der Waals surface area contributed by atoms with Gasteiger partial charge in [-0.15, -0.1) is 0 Å². The van der Waals surface area contributed by atoms with Crippen molar-refractivity contribution in [3.8, 4) is 0 Å². The van der Waals surface area contributed by atoms with E-state index in [9.17, 15) is 4.39 Å². The first-order valence-corrected chi connectivity index (χ1v) is 4.36. The number of aromatic nitrogens is 1. The van der Waals surface area contributed by atoms with Crippen molar-refractivity contribution in [3.05, 3.63) is 28.2 Å². The molecule has 0 N–H and O–H groups in total. The van der Waals surface area contributed by atoms with Crippen LogP contribution in [0.3, 0.4) is 0 Å². The molecule has 0 saturated heterocycles. The lowest BCUT2D eigenvalue weighted by atomic mass is 10.3. The summed E-state index contributed by atoms with van der Waals surface area (Å²) in [5, 5.41) is 0. The molecule has 0 unspecified atom stereocenters. The molecule has 5 heteroatoms. The van der Waals surface area contributed by atoms with Crippen molar-refractivity contribution >= 4 is 15.9 Å². The van der Waals surface area contributed by atoms with E-state index in [4.69, 9.17) is 9.47 Å². The number of hydrogen-bond acceptors (Lipinski definition) is 3. The molecule has 72 valence electrons. The lowest BCUT2D eigenvalue weighted by Crippen LogP contribution is -2.06. The van der Waals surface area contributed by atoms with Gasteiger partial charge in [-0.1, -0.05) is 0 Å². The summed E-state index contributed by atoms with van der Waals surface area (Å²) in [6.45, 7) is 0. The molecule has 1 heterocycles. The molecule has 3 nitrogen and oxygen atoms in total. The zero-order chi connectivity index (χ0) is 9.84. The van der Waals surface area contributed by atoms with Crippen molar-refractivity contribution in [2.45, 2.75) is 6.29 Å². The maximum absolute atomic E-state index is 12.8. The fraction of sp³-hybridized carbons (Fsp3) is 0.375. The van der Waals surface area contributed by atoms with Crippen molar-refractivity contribution in [1.82, 2.24) is 4.98 Å². The van der Waals surface area contributed by atoms with Gasteiger partial charge in [-0.25, -0.2) is 9.37 Å². The molecular formula is C8H9BrFNO2. The summed E-state index contributed by atoms with van der Waals surface area (Å²) in [6, 6.07) is 2.81. The second kappa shape index (κ2) is 4.64. The molecule has 0 aliphatic heterocycles. The molecule has 1 aromatic heterocycles. The van der Waals surface area contributed by atoms with E-state index in [0.29, 0.717) is 5.69 Å². The molecule has 1 rings (SSSR count). The molecule has 0 amide bonds. The van der Waals surface area contributed by atoms with Gasteiger partial charge in [0.15, 0.2) is 5.82 Å². The maximum atomic E-state index is 12.8. The van der Waals surface area contributed by atoms with Crippen molar-refractivity contribution in [2.75, 3.05) is 14.2 Å². The van der Waals surface area contributed by atoms with Crippen molar-refractivity contribution in [2.24, 2.45) is 0 Å². The van der Waals surface area contributed by atoms with Gasteiger partial charge >= 0.3 is 0 Å². The van der Waals surface area contributed by atoms with Gasteiger partial charge in [-0.3, -0.25) is 0 Å². The lowest BCUT2D eigenvalue weighted by Gasteiger charge is -2.12. The van der Waals surface area contributed by atoms with E-state index in [1.165, 1.54) is 26.4 Å². The first kappa shape index (κ1) is 10.6. The minimum absolute atomic E-state index is 0.157. The number of hydrogen-bond donors (Lipinski definition) is 0. The van der Waals surface area contributed by atoms with Crippen LogP contribution in [0.1, 0.15) is 12.0 Å². The Kier molecular flexibility index (Phi) is 3.77. The second-order valence-corrected chi connectivity index (χ2v) is 3.06. The molecule has 0 aliphatic carbocycles. The molecule has 0 aromatic carbocycles. The highest BCUT2D eigenvalue weighted by Crippen LogP contribution is 2.19. The van der Waals surface area contributed by atoms with Gasteiger partial charge in [0.25, 0.3) is 0 Å². The Hall–Kier alpha value is -0.520. The van der Waals surface area contributed by atoms with Crippen LogP contribution in [-0.4, -0.2) is 19.2 Å². The largest absolute Gasteiger partial charge is 0.350 e. The van der Waals surface area contributed by atoms with Gasteiger partial charge in [0.2, 0.25) is 6.29 Å². The Morgan fingerprint density at radius 3 is 2.46 bits per heavy atom. The summed E-state index contributed by atoms with van der Waals surface area (Å²) in [5.74, 6) is -0.408. The summed E-state index contributed by atoms with van der Waals surface area (Å²) in [7, 11) is 2.99. The SMILES string of the molecule is COC(OC)c1ccc(F)c(Br)n1. The first-order chi connectivity index (χ1) is 6.19. The highest BCUT2D eigenvalue weighted by atomic mass is 79.9. The Morgan fingerprint density at radius 2 is 2.00 bits per heavy atom. The van der Waals surface area contributed by atoms with Crippen molar-refractivity contribution in [1.29, 1.82) is 0 Å². The van der Waals surface area contributed by atoms with Crippen LogP contribution in [0.5, 0.6) is 0 Å². The van der Waals surface area contributed by atoms with Gasteiger partial charge in [0.1, 0.15) is 4.60 Å². The molecule has 0 aliphatic rings. The van der Waals surface area contributed by atoms with Crippen LogP contribution < -0.4 is 0 Å². The topological polar surface area (TPSA) is 31.4 Å². The number of nitrogens with zero attached hydrogens (tertiary/aromatic N) is 1. The minimum Gasteiger partial charge on any atom is -0.350 e. The van der Waals surface area contributed by atoms with Gasteiger partial charge in [0.05, 0.1) is 5.69 Å². The third-order valence-corrected chi connectivity index (χ3v) is 2.05. The summed E-state index contributed by atoms with van der Waals surface area (Å²) < 4.78 is 22.8. The van der Waals surface area contributed by atoms with Crippen LogP contribution in [0, 0.1) is 5.82 Å². The molecule has 0 bridgehead atoms. The van der Waals surface area contributed by atoms with E-state index in [0.717, 1.165) is 0 Å². The third kappa shape index (κ3) is 2.46. The zero-order valence-corrected chi connectivity index (χ0v) is 8.84. The average Bonchev–Trinajstić information content (AvgIpc) is 2.13. The van der Waals surface area contributed by atoms with Crippen LogP contribution in [0.15, 0.2) is 16.7 Å². The number of pyridine rings is 1. The fourth-order valence-corrected chi connectivity index (χ4v) is 1.24. The first-order valence-electron chi connectivity index (χ1n) is 3.56. The number of ether oxygens (including phenoxy) is 2. The predicted molar refractivity (Wildman–Crippen MR) is 48.7 cm³/mol. The molecule has 1 aromatic rings. The normalized spacial score (nSPS) is 10.8. The monoisotopic (exact) mass is 249 g/mol. The molecule has 0 radical (unpaired) electrons. The Bertz CT molecular complexity index is 291. The Labute approximate surface area is 84.0 Å². The van der Waals surface area contributed by atoms with E-state index in [1.54, 1.807) is 0 Å². The number of halogens is 2. The molecule has 0 atom stereocenters. The van der Waals surface area contributed by atoms with Crippen LogP contribution in [0.25, 0.3) is 0 Å². The van der Waals surface area contributed by atoms with E-state index >= 15 is 0 Å². The average molecular weight is 250 g/mol. The second-order valence-electron chi connectivity index (χ2n) is 2.31. The summed E-state index contributed by atoms with van der Waals surface area (Å²) >= 11 is 2.98. The van der Waals surface area contributed by atoms with Gasteiger partial charge < -0.3 is 9.47 Å². The van der Waals surface area contributed by atoms with Crippen LogP contribution in [0.2, 0.25) is 0 Å². The summed E-state index contributed by atoms with van der Waals surface area (Å²) in [5.41, 5.74) is 0.526. The Balaban J connectivity index is 2.95. The zero-order valence-electron chi connectivity index (χ0n) is 7.25. The molecule has 0 spiro atoms. The third-order valence-electron chi connectivity index (χ3n) is 1.49. The smallest absolute Gasteiger partial charge is 0.200 e. The summed E-state index contributed by atoms with van der Waals surface area (Å²) in [6.07, 6.45) is -0.558. The van der Waals surface area contributed by atoms with E-state index in [2.05, 4.69) is 20.9 Å². The highest BCUT2D eigenvalue weighted by molar-refractivity contribution is 9.10. The van der Waals surface area contributed by atoms with Crippen molar-refractivity contribution in [3.63, 3.8) is 0 Å². The predicted octanol–water partition coefficient (Wildman–Crippen LogP) is 2.27. The lowest BCUT2D eigenvalue weighted by molar-refractivity contribution is -0.108. The number of methoxy groups -OCH3 is 2. The van der Waals surface area contributed by atoms with Gasteiger partial charge in [-0.05, 0) is 28.1 Å². The molecule has 0 fully saturated rings. The van der Waals surface area contributed by atoms with E-state index in [1.807, 2.05) is 0 Å². The Morgan fingerprint density at radius 1 is 1.38 bits per heavy atom. The highest BCUT2D eigenvalue weighted by Gasteiger charge is 2.12.